The fraction of sp³-hybridized carbons (Fsp3) is 0.259. The number of para-hydroxylation sites is 1. The summed E-state index contributed by atoms with van der Waals surface area (Å²) in [6, 6.07) is 20.9. The second kappa shape index (κ2) is 10.5. The van der Waals surface area contributed by atoms with Crippen molar-refractivity contribution in [2.75, 3.05) is 5.32 Å². The molecule has 1 aliphatic carbocycles. The van der Waals surface area contributed by atoms with Crippen LogP contribution in [-0.2, 0) is 17.6 Å². The molecule has 6 nitrogen and oxygen atoms in total. The minimum atomic E-state index is -1.10. The lowest BCUT2D eigenvalue weighted by Gasteiger charge is -2.25. The van der Waals surface area contributed by atoms with E-state index < -0.39 is 11.2 Å². The number of aromatic carboxylic acids is 1. The molecule has 0 aliphatic heterocycles. The van der Waals surface area contributed by atoms with Crippen LogP contribution in [0.15, 0.2) is 65.7 Å². The minimum Gasteiger partial charge on any atom is -0.478 e. The van der Waals surface area contributed by atoms with Crippen molar-refractivity contribution in [3.05, 3.63) is 88.6 Å². The molecule has 2 N–H and O–H groups in total. The van der Waals surface area contributed by atoms with Gasteiger partial charge in [-0.2, -0.15) is 5.26 Å². The molecule has 0 saturated heterocycles. The van der Waals surface area contributed by atoms with E-state index in [0.717, 1.165) is 30.5 Å². The first-order valence-electron chi connectivity index (χ1n) is 11.3. The van der Waals surface area contributed by atoms with Crippen LogP contribution in [0, 0.1) is 11.3 Å². The maximum absolute atomic E-state index is 13.0. The van der Waals surface area contributed by atoms with E-state index in [1.807, 2.05) is 31.2 Å². The molecule has 172 valence electrons. The average Bonchev–Trinajstić information content (AvgIpc) is 2.87. The van der Waals surface area contributed by atoms with Gasteiger partial charge in [0.05, 0.1) is 22.1 Å². The van der Waals surface area contributed by atoms with Gasteiger partial charge in [0.25, 0.3) is 0 Å². The second-order valence-corrected chi connectivity index (χ2v) is 9.46. The van der Waals surface area contributed by atoms with E-state index in [1.165, 1.54) is 23.4 Å². The number of carboxylic acid groups (broad SMARTS) is 1. The van der Waals surface area contributed by atoms with E-state index >= 15 is 0 Å². The van der Waals surface area contributed by atoms with Crippen molar-refractivity contribution in [3.63, 3.8) is 0 Å². The topological polar surface area (TPSA) is 103 Å². The molecule has 3 aromatic rings. The van der Waals surface area contributed by atoms with Crippen LogP contribution in [-0.4, -0.2) is 27.2 Å². The first kappa shape index (κ1) is 23.5. The third-order valence-corrected chi connectivity index (χ3v) is 7.44. The van der Waals surface area contributed by atoms with Gasteiger partial charge in [0.2, 0.25) is 5.91 Å². The largest absolute Gasteiger partial charge is 0.478 e. The smallest absolute Gasteiger partial charge is 0.337 e. The summed E-state index contributed by atoms with van der Waals surface area (Å²) in [4.78, 5) is 29.2. The third-order valence-electron chi connectivity index (χ3n) is 6.08. The number of amides is 1. The normalized spacial score (nSPS) is 15.6. The molecule has 0 fully saturated rings. The van der Waals surface area contributed by atoms with Crippen LogP contribution >= 0.6 is 11.8 Å². The van der Waals surface area contributed by atoms with Crippen molar-refractivity contribution < 1.29 is 14.7 Å². The Kier molecular flexibility index (Phi) is 7.29. The molecule has 0 saturated carbocycles. The van der Waals surface area contributed by atoms with Gasteiger partial charge in [-0.3, -0.25) is 4.79 Å². The first-order valence-corrected chi connectivity index (χ1v) is 12.2. The minimum absolute atomic E-state index is 0.0355. The Labute approximate surface area is 203 Å². The van der Waals surface area contributed by atoms with E-state index in [2.05, 4.69) is 23.5 Å². The van der Waals surface area contributed by atoms with Gasteiger partial charge < -0.3 is 10.4 Å². The predicted molar refractivity (Wildman–Crippen MR) is 132 cm³/mol. The molecule has 1 aromatic heterocycles. The molecule has 0 radical (unpaired) electrons. The highest BCUT2D eigenvalue weighted by Gasteiger charge is 2.26. The summed E-state index contributed by atoms with van der Waals surface area (Å²) in [5, 5.41) is 21.9. The number of nitriles is 1. The summed E-state index contributed by atoms with van der Waals surface area (Å²) in [6.45, 7) is 1.88. The number of pyridine rings is 1. The number of nitrogens with zero attached hydrogens (tertiary/aromatic N) is 2. The van der Waals surface area contributed by atoms with Crippen LogP contribution in [0.3, 0.4) is 0 Å². The fourth-order valence-electron chi connectivity index (χ4n) is 4.27. The van der Waals surface area contributed by atoms with E-state index in [0.29, 0.717) is 22.9 Å². The van der Waals surface area contributed by atoms with Gasteiger partial charge in [0, 0.05) is 5.69 Å². The quantitative estimate of drug-likeness (QED) is 0.445. The molecule has 1 aliphatic rings. The predicted octanol–water partition coefficient (Wildman–Crippen LogP) is 5.43. The number of benzene rings is 2. The van der Waals surface area contributed by atoms with Crippen LogP contribution in [0.25, 0.3) is 0 Å². The van der Waals surface area contributed by atoms with Crippen molar-refractivity contribution in [1.82, 2.24) is 4.98 Å². The number of carbonyl (C=O) groups is 2. The van der Waals surface area contributed by atoms with Gasteiger partial charge in [-0.15, -0.1) is 0 Å². The molecule has 7 heteroatoms. The van der Waals surface area contributed by atoms with Gasteiger partial charge >= 0.3 is 5.97 Å². The number of carboxylic acids is 1. The summed E-state index contributed by atoms with van der Waals surface area (Å²) < 4.78 is 0. The number of aromatic nitrogens is 1. The second-order valence-electron chi connectivity index (χ2n) is 8.26. The molecule has 2 aromatic carbocycles. The van der Waals surface area contributed by atoms with E-state index in [4.69, 9.17) is 4.98 Å². The Morgan fingerprint density at radius 2 is 1.94 bits per heavy atom. The maximum Gasteiger partial charge on any atom is 0.337 e. The van der Waals surface area contributed by atoms with Gasteiger partial charge in [-0.25, -0.2) is 9.78 Å². The zero-order valence-electron chi connectivity index (χ0n) is 18.8. The highest BCUT2D eigenvalue weighted by atomic mass is 32.2. The Morgan fingerprint density at radius 1 is 1.21 bits per heavy atom. The molecule has 2 atom stereocenters. The Hall–Kier alpha value is -3.63. The fourth-order valence-corrected chi connectivity index (χ4v) is 5.27. The number of carbonyl (C=O) groups excluding carboxylic acids is 1. The number of hydrogen-bond acceptors (Lipinski definition) is 5. The molecule has 4 rings (SSSR count). The number of hydrogen-bond donors (Lipinski definition) is 2. The lowest BCUT2D eigenvalue weighted by atomic mass is 9.82. The maximum atomic E-state index is 13.0. The van der Waals surface area contributed by atoms with E-state index in [1.54, 1.807) is 18.2 Å². The van der Waals surface area contributed by atoms with Gasteiger partial charge in [-0.05, 0) is 60.9 Å². The van der Waals surface area contributed by atoms with Crippen LogP contribution in [0.4, 0.5) is 5.69 Å². The Morgan fingerprint density at radius 3 is 2.65 bits per heavy atom. The molecule has 2 unspecified atom stereocenters. The van der Waals surface area contributed by atoms with Crippen LogP contribution in [0.5, 0.6) is 0 Å². The van der Waals surface area contributed by atoms with Gasteiger partial charge in [-0.1, -0.05) is 61.2 Å². The van der Waals surface area contributed by atoms with E-state index in [9.17, 15) is 20.0 Å². The number of nitrogens with one attached hydrogen (secondary N) is 1. The van der Waals surface area contributed by atoms with E-state index in [-0.39, 0.29) is 17.2 Å². The highest BCUT2D eigenvalue weighted by Crippen LogP contribution is 2.36. The Bertz CT molecular complexity index is 1250. The van der Waals surface area contributed by atoms with Crippen molar-refractivity contribution in [2.45, 2.75) is 48.8 Å². The van der Waals surface area contributed by atoms with Crippen molar-refractivity contribution in [2.24, 2.45) is 0 Å². The molecule has 0 bridgehead atoms. The highest BCUT2D eigenvalue weighted by molar-refractivity contribution is 8.00. The number of aryl methyl sites for hydroxylation is 1. The van der Waals surface area contributed by atoms with Crippen molar-refractivity contribution in [1.29, 1.82) is 5.26 Å². The molecule has 1 heterocycles. The number of anilines is 1. The average molecular weight is 472 g/mol. The summed E-state index contributed by atoms with van der Waals surface area (Å²) >= 11 is 1.26. The van der Waals surface area contributed by atoms with Crippen molar-refractivity contribution in [3.8, 4) is 6.07 Å². The first-order chi connectivity index (χ1) is 16.5. The van der Waals surface area contributed by atoms with Crippen LogP contribution in [0.1, 0.15) is 58.4 Å². The summed E-state index contributed by atoms with van der Waals surface area (Å²) in [5.74, 6) is -1.01. The lowest BCUT2D eigenvalue weighted by Crippen LogP contribution is -2.26. The molecule has 0 spiro atoms. The molecular weight excluding hydrogens is 446 g/mol. The standard InChI is InChI=1S/C27H25N3O3S/c1-2-24(25(31)29-23-11-7-6-10-21(23)27(32)33)34-26-20(16-28)15-19-14-18(12-13-22(19)30-26)17-8-4-3-5-9-17/h3-11,15,18,24H,2,12-14H2,1H3,(H,29,31)(H,32,33). The molecular formula is C27H25N3O3S. The number of thioether (sulfide) groups is 1. The third kappa shape index (κ3) is 5.13. The summed E-state index contributed by atoms with van der Waals surface area (Å²) in [5.41, 5.74) is 4.14. The van der Waals surface area contributed by atoms with Crippen LogP contribution < -0.4 is 5.32 Å². The number of fused-ring (bicyclic) bond motifs is 1. The van der Waals surface area contributed by atoms with Gasteiger partial charge in [0.15, 0.2) is 0 Å². The van der Waals surface area contributed by atoms with Crippen molar-refractivity contribution >= 4 is 29.3 Å². The lowest BCUT2D eigenvalue weighted by molar-refractivity contribution is -0.115. The summed E-state index contributed by atoms with van der Waals surface area (Å²) in [6.07, 6.45) is 3.16. The molecule has 34 heavy (non-hydrogen) atoms. The number of rotatable bonds is 7. The van der Waals surface area contributed by atoms with Gasteiger partial charge in [0.1, 0.15) is 11.1 Å². The molecule has 1 amide bonds. The zero-order chi connectivity index (χ0) is 24.1. The SMILES string of the molecule is CCC(Sc1nc2c(cc1C#N)CC(c1ccccc1)CC2)C(=O)Nc1ccccc1C(=O)O. The zero-order valence-corrected chi connectivity index (χ0v) is 19.6. The monoisotopic (exact) mass is 471 g/mol. The Balaban J connectivity index is 1.53. The van der Waals surface area contributed by atoms with Crippen LogP contribution in [0.2, 0.25) is 0 Å². The summed E-state index contributed by atoms with van der Waals surface area (Å²) in [7, 11) is 0.